The van der Waals surface area contributed by atoms with Gasteiger partial charge in [0.1, 0.15) is 5.69 Å². The Kier molecular flexibility index (Phi) is 2.21. The first-order valence-electron chi connectivity index (χ1n) is 4.30. The standard InChI is InChI=1S/C10H10N2OS/c1-6-9(8-4-3-5-14-8)12-10(11-6)7(2)13/h3-5H,1-2H3,(H,11,12). The quantitative estimate of drug-likeness (QED) is 0.768. The third-order valence-electron chi connectivity index (χ3n) is 1.97. The van der Waals surface area contributed by atoms with Crippen LogP contribution in [0.15, 0.2) is 17.5 Å². The fourth-order valence-electron chi connectivity index (χ4n) is 1.28. The second-order valence-corrected chi connectivity index (χ2v) is 4.04. The first kappa shape index (κ1) is 9.15. The molecule has 1 N–H and O–H groups in total. The number of carbonyl (C=O) groups is 1. The fourth-order valence-corrected chi connectivity index (χ4v) is 2.05. The van der Waals surface area contributed by atoms with E-state index in [-0.39, 0.29) is 5.78 Å². The van der Waals surface area contributed by atoms with E-state index in [9.17, 15) is 4.79 Å². The molecule has 0 saturated carbocycles. The lowest BCUT2D eigenvalue weighted by molar-refractivity contribution is 0.100. The van der Waals surface area contributed by atoms with Crippen molar-refractivity contribution in [3.63, 3.8) is 0 Å². The normalized spacial score (nSPS) is 10.4. The Morgan fingerprint density at radius 1 is 1.57 bits per heavy atom. The summed E-state index contributed by atoms with van der Waals surface area (Å²) in [5.74, 6) is 0.404. The third-order valence-corrected chi connectivity index (χ3v) is 2.85. The van der Waals surface area contributed by atoms with Crippen LogP contribution in [-0.4, -0.2) is 15.8 Å². The van der Waals surface area contributed by atoms with Gasteiger partial charge in [-0.2, -0.15) is 0 Å². The molecule has 0 spiro atoms. The number of aryl methyl sites for hydroxylation is 1. The molecule has 0 aliphatic rings. The molecule has 0 aromatic carbocycles. The van der Waals surface area contributed by atoms with E-state index in [0.29, 0.717) is 5.82 Å². The Morgan fingerprint density at radius 2 is 2.36 bits per heavy atom. The lowest BCUT2D eigenvalue weighted by Crippen LogP contribution is -1.93. The van der Waals surface area contributed by atoms with Crippen LogP contribution in [0.2, 0.25) is 0 Å². The molecule has 0 atom stereocenters. The molecule has 0 amide bonds. The Hall–Kier alpha value is -1.42. The SMILES string of the molecule is CC(=O)c1nc(-c2cccs2)c(C)[nH]1. The number of imidazole rings is 1. The number of nitrogens with zero attached hydrogens (tertiary/aromatic N) is 1. The number of hydrogen-bond donors (Lipinski definition) is 1. The molecular formula is C10H10N2OS. The lowest BCUT2D eigenvalue weighted by Gasteiger charge is -1.90. The van der Waals surface area contributed by atoms with Crippen molar-refractivity contribution in [1.82, 2.24) is 9.97 Å². The van der Waals surface area contributed by atoms with Gasteiger partial charge < -0.3 is 4.98 Å². The number of nitrogens with one attached hydrogen (secondary N) is 1. The molecule has 0 aliphatic carbocycles. The zero-order valence-corrected chi connectivity index (χ0v) is 8.81. The van der Waals surface area contributed by atoms with Crippen molar-refractivity contribution < 1.29 is 4.79 Å². The van der Waals surface area contributed by atoms with Gasteiger partial charge in [0.25, 0.3) is 0 Å². The molecule has 2 aromatic rings. The van der Waals surface area contributed by atoms with E-state index < -0.39 is 0 Å². The van der Waals surface area contributed by atoms with Crippen molar-refractivity contribution in [3.8, 4) is 10.6 Å². The molecule has 2 heterocycles. The van der Waals surface area contributed by atoms with Crippen molar-refractivity contribution in [2.45, 2.75) is 13.8 Å². The molecule has 4 heteroatoms. The number of rotatable bonds is 2. The average molecular weight is 206 g/mol. The molecule has 14 heavy (non-hydrogen) atoms. The maximum Gasteiger partial charge on any atom is 0.195 e. The Bertz CT molecular complexity index is 456. The van der Waals surface area contributed by atoms with Crippen molar-refractivity contribution in [3.05, 3.63) is 29.0 Å². The second kappa shape index (κ2) is 3.38. The summed E-state index contributed by atoms with van der Waals surface area (Å²) in [4.78, 5) is 19.4. The van der Waals surface area contributed by atoms with Crippen LogP contribution in [0.1, 0.15) is 23.2 Å². The lowest BCUT2D eigenvalue weighted by atomic mass is 10.3. The number of H-pyrrole nitrogens is 1. The van der Waals surface area contributed by atoms with E-state index in [1.165, 1.54) is 6.92 Å². The summed E-state index contributed by atoms with van der Waals surface area (Å²) in [5, 5.41) is 2.00. The topological polar surface area (TPSA) is 45.8 Å². The molecule has 0 fully saturated rings. The summed E-state index contributed by atoms with van der Waals surface area (Å²) in [7, 11) is 0. The van der Waals surface area contributed by atoms with E-state index in [4.69, 9.17) is 0 Å². The minimum absolute atomic E-state index is 0.0316. The van der Waals surface area contributed by atoms with Crippen LogP contribution in [0, 0.1) is 6.92 Å². The molecular weight excluding hydrogens is 196 g/mol. The molecule has 0 aliphatic heterocycles. The number of aromatic amines is 1. The van der Waals surface area contributed by atoms with Gasteiger partial charge in [-0.1, -0.05) is 6.07 Å². The summed E-state index contributed by atoms with van der Waals surface area (Å²) in [6.07, 6.45) is 0. The molecule has 72 valence electrons. The summed E-state index contributed by atoms with van der Waals surface area (Å²) in [6.45, 7) is 3.44. The van der Waals surface area contributed by atoms with Gasteiger partial charge in [-0.15, -0.1) is 11.3 Å². The molecule has 0 saturated heterocycles. The minimum atomic E-state index is -0.0316. The van der Waals surface area contributed by atoms with E-state index in [2.05, 4.69) is 9.97 Å². The summed E-state index contributed by atoms with van der Waals surface area (Å²) >= 11 is 1.62. The maximum absolute atomic E-state index is 11.1. The van der Waals surface area contributed by atoms with Crippen molar-refractivity contribution >= 4 is 17.1 Å². The highest BCUT2D eigenvalue weighted by atomic mass is 32.1. The number of ketones is 1. The number of Topliss-reactive ketones (excluding diaryl/α,β-unsaturated/α-hetero) is 1. The monoisotopic (exact) mass is 206 g/mol. The van der Waals surface area contributed by atoms with Gasteiger partial charge >= 0.3 is 0 Å². The van der Waals surface area contributed by atoms with Crippen molar-refractivity contribution in [1.29, 1.82) is 0 Å². The van der Waals surface area contributed by atoms with Crippen LogP contribution < -0.4 is 0 Å². The van der Waals surface area contributed by atoms with Crippen molar-refractivity contribution in [2.24, 2.45) is 0 Å². The first-order chi connectivity index (χ1) is 6.68. The molecule has 2 rings (SSSR count). The summed E-state index contributed by atoms with van der Waals surface area (Å²) in [5.41, 5.74) is 1.82. The van der Waals surface area contributed by atoms with Crippen molar-refractivity contribution in [2.75, 3.05) is 0 Å². The minimum Gasteiger partial charge on any atom is -0.339 e. The van der Waals surface area contributed by atoms with Gasteiger partial charge in [0.2, 0.25) is 0 Å². The smallest absolute Gasteiger partial charge is 0.195 e. The van der Waals surface area contributed by atoms with E-state index in [1.54, 1.807) is 11.3 Å². The molecule has 0 radical (unpaired) electrons. The van der Waals surface area contributed by atoms with Gasteiger partial charge in [0, 0.05) is 12.6 Å². The van der Waals surface area contributed by atoms with Crippen LogP contribution in [0.4, 0.5) is 0 Å². The number of thiophene rings is 1. The number of carbonyl (C=O) groups excluding carboxylic acids is 1. The molecule has 0 unspecified atom stereocenters. The second-order valence-electron chi connectivity index (χ2n) is 3.09. The highest BCUT2D eigenvalue weighted by Crippen LogP contribution is 2.25. The van der Waals surface area contributed by atoms with Gasteiger partial charge in [-0.05, 0) is 18.4 Å². The Labute approximate surface area is 85.8 Å². The summed E-state index contributed by atoms with van der Waals surface area (Å²) in [6, 6.07) is 3.97. The molecule has 2 aromatic heterocycles. The fraction of sp³-hybridized carbons (Fsp3) is 0.200. The molecule has 3 nitrogen and oxygen atoms in total. The molecule has 0 bridgehead atoms. The average Bonchev–Trinajstić information content (AvgIpc) is 2.71. The van der Waals surface area contributed by atoms with E-state index in [1.807, 2.05) is 24.4 Å². The van der Waals surface area contributed by atoms with Gasteiger partial charge in [-0.3, -0.25) is 4.79 Å². The first-order valence-corrected chi connectivity index (χ1v) is 5.18. The van der Waals surface area contributed by atoms with Gasteiger partial charge in [-0.25, -0.2) is 4.98 Å². The van der Waals surface area contributed by atoms with E-state index >= 15 is 0 Å². The zero-order valence-electron chi connectivity index (χ0n) is 8.00. The zero-order chi connectivity index (χ0) is 10.1. The van der Waals surface area contributed by atoms with E-state index in [0.717, 1.165) is 16.3 Å². The van der Waals surface area contributed by atoms with Crippen LogP contribution in [0.3, 0.4) is 0 Å². The van der Waals surface area contributed by atoms with Crippen LogP contribution >= 0.6 is 11.3 Å². The predicted molar refractivity (Wildman–Crippen MR) is 56.6 cm³/mol. The summed E-state index contributed by atoms with van der Waals surface area (Å²) < 4.78 is 0. The Balaban J connectivity index is 2.50. The predicted octanol–water partition coefficient (Wildman–Crippen LogP) is 2.65. The maximum atomic E-state index is 11.1. The van der Waals surface area contributed by atoms with Gasteiger partial charge in [0.05, 0.1) is 4.88 Å². The Morgan fingerprint density at radius 3 is 2.86 bits per heavy atom. The van der Waals surface area contributed by atoms with Crippen LogP contribution in [0.25, 0.3) is 10.6 Å². The highest BCUT2D eigenvalue weighted by Gasteiger charge is 2.11. The highest BCUT2D eigenvalue weighted by molar-refractivity contribution is 7.13. The van der Waals surface area contributed by atoms with Crippen LogP contribution in [-0.2, 0) is 0 Å². The van der Waals surface area contributed by atoms with Crippen LogP contribution in [0.5, 0.6) is 0 Å². The number of hydrogen-bond acceptors (Lipinski definition) is 3. The third kappa shape index (κ3) is 1.48. The van der Waals surface area contributed by atoms with Gasteiger partial charge in [0.15, 0.2) is 11.6 Å². The largest absolute Gasteiger partial charge is 0.339 e. The number of aromatic nitrogens is 2.